The average Bonchev–Trinajstić information content (AvgIpc) is 3.17. The summed E-state index contributed by atoms with van der Waals surface area (Å²) in [5.74, 6) is -1.02. The minimum atomic E-state index is -4.56. The quantitative estimate of drug-likeness (QED) is 0.630. The standard InChI is InChI=1S/C12H10ClF3N2O3/c13-7-1-4-10(18(20)21)9(5-7)11(19)17(8-2-3-8)6-12(14,15)16/h1,4-5,8H,2-3,6H2. The number of carbonyl (C=O) groups is 1. The second-order valence-corrected chi connectivity index (χ2v) is 5.13. The Hall–Kier alpha value is -1.83. The van der Waals surface area contributed by atoms with Crippen molar-refractivity contribution in [1.82, 2.24) is 4.90 Å². The highest BCUT2D eigenvalue weighted by Gasteiger charge is 2.42. The highest BCUT2D eigenvalue weighted by Crippen LogP contribution is 2.33. The van der Waals surface area contributed by atoms with Gasteiger partial charge in [-0.2, -0.15) is 13.2 Å². The SMILES string of the molecule is O=C(c1cc(Cl)ccc1[N+](=O)[O-])N(CC(F)(F)F)C1CC1. The molecule has 1 aromatic carbocycles. The van der Waals surface area contributed by atoms with Gasteiger partial charge in [-0.05, 0) is 25.0 Å². The topological polar surface area (TPSA) is 63.4 Å². The monoisotopic (exact) mass is 322 g/mol. The van der Waals surface area contributed by atoms with Crippen LogP contribution < -0.4 is 0 Å². The van der Waals surface area contributed by atoms with E-state index >= 15 is 0 Å². The number of halogens is 4. The first kappa shape index (κ1) is 15.6. The van der Waals surface area contributed by atoms with Gasteiger partial charge in [-0.3, -0.25) is 14.9 Å². The van der Waals surface area contributed by atoms with Gasteiger partial charge in [-0.15, -0.1) is 0 Å². The predicted molar refractivity (Wildman–Crippen MR) is 68.2 cm³/mol. The summed E-state index contributed by atoms with van der Waals surface area (Å²) >= 11 is 5.68. The molecule has 21 heavy (non-hydrogen) atoms. The zero-order valence-electron chi connectivity index (χ0n) is 10.6. The Morgan fingerprint density at radius 3 is 2.52 bits per heavy atom. The number of alkyl halides is 3. The third kappa shape index (κ3) is 3.84. The predicted octanol–water partition coefficient (Wildman–Crippen LogP) is 3.42. The lowest BCUT2D eigenvalue weighted by atomic mass is 10.1. The average molecular weight is 323 g/mol. The highest BCUT2D eigenvalue weighted by atomic mass is 35.5. The molecule has 0 unspecified atom stereocenters. The molecule has 0 aromatic heterocycles. The molecular weight excluding hydrogens is 313 g/mol. The maximum absolute atomic E-state index is 12.6. The van der Waals surface area contributed by atoms with E-state index < -0.39 is 40.8 Å². The minimum absolute atomic E-state index is 0.0479. The first-order chi connectivity index (χ1) is 9.69. The molecule has 1 amide bonds. The molecule has 0 atom stereocenters. The number of carbonyl (C=O) groups excluding carboxylic acids is 1. The van der Waals surface area contributed by atoms with Gasteiger partial charge in [0.2, 0.25) is 0 Å². The van der Waals surface area contributed by atoms with E-state index in [0.717, 1.165) is 12.1 Å². The van der Waals surface area contributed by atoms with Crippen LogP contribution in [0.15, 0.2) is 18.2 Å². The number of rotatable bonds is 4. The number of nitro groups is 1. The summed E-state index contributed by atoms with van der Waals surface area (Å²) in [5.41, 5.74) is -0.985. The number of hydrogen-bond acceptors (Lipinski definition) is 3. The van der Waals surface area contributed by atoms with Crippen LogP contribution in [0.3, 0.4) is 0 Å². The van der Waals surface area contributed by atoms with E-state index in [1.807, 2.05) is 0 Å². The maximum atomic E-state index is 12.6. The fourth-order valence-electron chi connectivity index (χ4n) is 1.94. The second kappa shape index (κ2) is 5.51. The third-order valence-corrected chi connectivity index (χ3v) is 3.22. The van der Waals surface area contributed by atoms with Crippen molar-refractivity contribution in [2.24, 2.45) is 0 Å². The molecule has 1 fully saturated rings. The molecule has 0 radical (unpaired) electrons. The molecule has 2 rings (SSSR count). The first-order valence-corrected chi connectivity index (χ1v) is 6.38. The van der Waals surface area contributed by atoms with Crippen LogP contribution >= 0.6 is 11.6 Å². The first-order valence-electron chi connectivity index (χ1n) is 6.00. The number of nitrogens with zero attached hydrogens (tertiary/aromatic N) is 2. The maximum Gasteiger partial charge on any atom is 0.406 e. The van der Waals surface area contributed by atoms with Gasteiger partial charge in [0.15, 0.2) is 0 Å². The van der Waals surface area contributed by atoms with Crippen LogP contribution in [0, 0.1) is 10.1 Å². The van der Waals surface area contributed by atoms with E-state index in [0.29, 0.717) is 17.7 Å². The van der Waals surface area contributed by atoms with Crippen molar-refractivity contribution < 1.29 is 22.9 Å². The molecule has 5 nitrogen and oxygen atoms in total. The van der Waals surface area contributed by atoms with Crippen LogP contribution in [0.2, 0.25) is 5.02 Å². The van der Waals surface area contributed by atoms with E-state index in [1.54, 1.807) is 0 Å². The van der Waals surface area contributed by atoms with Gasteiger partial charge in [0, 0.05) is 17.1 Å². The van der Waals surface area contributed by atoms with E-state index in [9.17, 15) is 28.1 Å². The van der Waals surface area contributed by atoms with E-state index in [4.69, 9.17) is 11.6 Å². The lowest BCUT2D eigenvalue weighted by Crippen LogP contribution is -2.40. The fourth-order valence-corrected chi connectivity index (χ4v) is 2.11. The summed E-state index contributed by atoms with van der Waals surface area (Å²) in [4.78, 5) is 23.0. The molecule has 1 aliphatic carbocycles. The van der Waals surface area contributed by atoms with Crippen LogP contribution in [-0.2, 0) is 0 Å². The van der Waals surface area contributed by atoms with Crippen molar-refractivity contribution in [2.45, 2.75) is 25.1 Å². The number of nitro benzene ring substituents is 1. The van der Waals surface area contributed by atoms with Crippen LogP contribution in [0.4, 0.5) is 18.9 Å². The fraction of sp³-hybridized carbons (Fsp3) is 0.417. The van der Waals surface area contributed by atoms with Gasteiger partial charge in [-0.1, -0.05) is 11.6 Å². The number of benzene rings is 1. The van der Waals surface area contributed by atoms with Gasteiger partial charge in [0.05, 0.1) is 4.92 Å². The summed E-state index contributed by atoms with van der Waals surface area (Å²) in [6, 6.07) is 2.71. The van der Waals surface area contributed by atoms with Crippen molar-refractivity contribution in [2.75, 3.05) is 6.54 Å². The van der Waals surface area contributed by atoms with Crippen LogP contribution in [0.5, 0.6) is 0 Å². The number of amides is 1. The van der Waals surface area contributed by atoms with Crippen molar-refractivity contribution in [1.29, 1.82) is 0 Å². The Balaban J connectivity index is 2.37. The molecule has 9 heteroatoms. The van der Waals surface area contributed by atoms with Gasteiger partial charge >= 0.3 is 6.18 Å². The lowest BCUT2D eigenvalue weighted by Gasteiger charge is -2.23. The third-order valence-electron chi connectivity index (χ3n) is 2.98. The van der Waals surface area contributed by atoms with Crippen molar-refractivity contribution in [3.8, 4) is 0 Å². The number of hydrogen-bond donors (Lipinski definition) is 0. The molecule has 0 spiro atoms. The van der Waals surface area contributed by atoms with Crippen LogP contribution in [0.1, 0.15) is 23.2 Å². The molecule has 0 saturated heterocycles. The van der Waals surface area contributed by atoms with E-state index in [-0.39, 0.29) is 5.02 Å². The molecule has 1 aliphatic rings. The Kier molecular flexibility index (Phi) is 4.08. The Morgan fingerprint density at radius 1 is 1.43 bits per heavy atom. The van der Waals surface area contributed by atoms with E-state index in [2.05, 4.69) is 0 Å². The van der Waals surface area contributed by atoms with E-state index in [1.165, 1.54) is 6.07 Å². The minimum Gasteiger partial charge on any atom is -0.326 e. The second-order valence-electron chi connectivity index (χ2n) is 4.70. The van der Waals surface area contributed by atoms with Crippen LogP contribution in [0.25, 0.3) is 0 Å². The summed E-state index contributed by atoms with van der Waals surface area (Å²) in [6.45, 7) is -1.43. The van der Waals surface area contributed by atoms with Gasteiger partial charge < -0.3 is 4.90 Å². The molecule has 114 valence electrons. The normalized spacial score (nSPS) is 14.9. The summed E-state index contributed by atoms with van der Waals surface area (Å²) in [5, 5.41) is 10.9. The Bertz CT molecular complexity index is 588. The van der Waals surface area contributed by atoms with Crippen molar-refractivity contribution in [3.63, 3.8) is 0 Å². The molecule has 1 aromatic rings. The van der Waals surface area contributed by atoms with Crippen LogP contribution in [-0.4, -0.2) is 34.5 Å². The molecule has 0 bridgehead atoms. The Labute approximate surface area is 122 Å². The Morgan fingerprint density at radius 2 is 2.05 bits per heavy atom. The zero-order chi connectivity index (χ0) is 15.8. The molecular formula is C12H10ClF3N2O3. The van der Waals surface area contributed by atoms with Gasteiger partial charge in [0.1, 0.15) is 12.1 Å². The highest BCUT2D eigenvalue weighted by molar-refractivity contribution is 6.31. The molecule has 0 N–H and O–H groups in total. The van der Waals surface area contributed by atoms with Gasteiger partial charge in [0.25, 0.3) is 11.6 Å². The lowest BCUT2D eigenvalue weighted by molar-refractivity contribution is -0.385. The van der Waals surface area contributed by atoms with Crippen molar-refractivity contribution >= 4 is 23.2 Å². The summed E-state index contributed by atoms with van der Waals surface area (Å²) in [6.07, 6.45) is -3.65. The van der Waals surface area contributed by atoms with Crippen molar-refractivity contribution in [3.05, 3.63) is 38.9 Å². The molecule has 1 saturated carbocycles. The zero-order valence-corrected chi connectivity index (χ0v) is 11.3. The molecule has 0 heterocycles. The van der Waals surface area contributed by atoms with Gasteiger partial charge in [-0.25, -0.2) is 0 Å². The molecule has 0 aliphatic heterocycles. The summed E-state index contributed by atoms with van der Waals surface area (Å²) < 4.78 is 37.7. The largest absolute Gasteiger partial charge is 0.406 e. The summed E-state index contributed by atoms with van der Waals surface area (Å²) in [7, 11) is 0. The smallest absolute Gasteiger partial charge is 0.326 e.